The summed E-state index contributed by atoms with van der Waals surface area (Å²) in [5.41, 5.74) is 4.60. The predicted octanol–water partition coefficient (Wildman–Crippen LogP) is 4.00. The number of hydrogen-bond acceptors (Lipinski definition) is 4. The van der Waals surface area contributed by atoms with Crippen LogP contribution in [0, 0.1) is 0 Å². The molecule has 2 N–H and O–H groups in total. The van der Waals surface area contributed by atoms with Gasteiger partial charge in [0.2, 0.25) is 0 Å². The number of nitrogens with one attached hydrogen (secondary N) is 2. The number of hydrogen-bond donors (Lipinski definition) is 2. The lowest BCUT2D eigenvalue weighted by molar-refractivity contribution is 0.394. The normalized spacial score (nSPS) is 12.2. The predicted molar refractivity (Wildman–Crippen MR) is 133 cm³/mol. The molecular formula is C22H36IN5O2. The van der Waals surface area contributed by atoms with Crippen LogP contribution in [0.1, 0.15) is 56.3 Å². The summed E-state index contributed by atoms with van der Waals surface area (Å²) < 4.78 is 12.9. The Kier molecular flexibility index (Phi) is 11.0. The molecule has 0 spiro atoms. The summed E-state index contributed by atoms with van der Waals surface area (Å²) in [6, 6.07) is 5.80. The average Bonchev–Trinajstić information content (AvgIpc) is 3.05. The molecule has 7 nitrogen and oxygen atoms in total. The molecule has 168 valence electrons. The molecule has 1 aromatic heterocycles. The second-order valence-corrected chi connectivity index (χ2v) is 6.87. The topological polar surface area (TPSA) is 72.7 Å². The molecule has 1 unspecified atom stereocenters. The van der Waals surface area contributed by atoms with E-state index in [9.17, 15) is 0 Å². The van der Waals surface area contributed by atoms with Crippen molar-refractivity contribution in [2.45, 2.75) is 53.1 Å². The molecule has 0 fully saturated rings. The third kappa shape index (κ3) is 6.26. The maximum atomic E-state index is 5.53. The molecule has 1 heterocycles. The number of aryl methyl sites for hydroxylation is 2. The maximum absolute atomic E-state index is 5.53. The van der Waals surface area contributed by atoms with Gasteiger partial charge in [0, 0.05) is 30.4 Å². The molecule has 0 amide bonds. The van der Waals surface area contributed by atoms with Crippen LogP contribution in [0.5, 0.6) is 11.5 Å². The summed E-state index contributed by atoms with van der Waals surface area (Å²) in [5.74, 6) is 2.38. The largest absolute Gasteiger partial charge is 0.497 e. The molecule has 30 heavy (non-hydrogen) atoms. The molecule has 0 radical (unpaired) electrons. The van der Waals surface area contributed by atoms with Crippen molar-refractivity contribution >= 4 is 29.9 Å². The van der Waals surface area contributed by atoms with Crippen molar-refractivity contribution in [3.05, 3.63) is 40.7 Å². The minimum absolute atomic E-state index is 0. The van der Waals surface area contributed by atoms with E-state index in [-0.39, 0.29) is 30.0 Å². The zero-order valence-electron chi connectivity index (χ0n) is 19.2. The average molecular weight is 529 g/mol. The van der Waals surface area contributed by atoms with Gasteiger partial charge in [-0.05, 0) is 44.9 Å². The molecular weight excluding hydrogens is 493 g/mol. The van der Waals surface area contributed by atoms with Crippen molar-refractivity contribution in [2.75, 3.05) is 20.8 Å². The van der Waals surface area contributed by atoms with Crippen LogP contribution >= 0.6 is 24.0 Å². The van der Waals surface area contributed by atoms with Gasteiger partial charge in [-0.2, -0.15) is 5.10 Å². The van der Waals surface area contributed by atoms with Crippen molar-refractivity contribution in [3.8, 4) is 11.5 Å². The number of rotatable bonds is 9. The molecule has 1 aromatic carbocycles. The number of aromatic nitrogens is 2. The highest BCUT2D eigenvalue weighted by Crippen LogP contribution is 2.29. The van der Waals surface area contributed by atoms with E-state index in [2.05, 4.69) is 43.4 Å². The number of benzene rings is 1. The van der Waals surface area contributed by atoms with Crippen LogP contribution in [-0.4, -0.2) is 36.5 Å². The second kappa shape index (κ2) is 12.7. The molecule has 0 aliphatic carbocycles. The first kappa shape index (κ1) is 26.1. The van der Waals surface area contributed by atoms with Crippen molar-refractivity contribution in [3.63, 3.8) is 0 Å². The Morgan fingerprint density at radius 1 is 1.17 bits per heavy atom. The fourth-order valence-electron chi connectivity index (χ4n) is 3.51. The van der Waals surface area contributed by atoms with E-state index >= 15 is 0 Å². The van der Waals surface area contributed by atoms with E-state index in [1.165, 1.54) is 11.3 Å². The summed E-state index contributed by atoms with van der Waals surface area (Å²) in [7, 11) is 5.35. The third-order valence-electron chi connectivity index (χ3n) is 5.02. The van der Waals surface area contributed by atoms with Gasteiger partial charge < -0.3 is 20.1 Å². The van der Waals surface area contributed by atoms with Crippen molar-refractivity contribution < 1.29 is 9.47 Å². The first-order valence-corrected chi connectivity index (χ1v) is 10.3. The zero-order chi connectivity index (χ0) is 21.4. The Labute approximate surface area is 197 Å². The maximum Gasteiger partial charge on any atom is 0.192 e. The fourth-order valence-corrected chi connectivity index (χ4v) is 3.51. The lowest BCUT2D eigenvalue weighted by Crippen LogP contribution is -2.38. The highest BCUT2D eigenvalue weighted by molar-refractivity contribution is 14.0. The van der Waals surface area contributed by atoms with Gasteiger partial charge in [-0.1, -0.05) is 13.8 Å². The Balaban J connectivity index is 0.00000450. The van der Waals surface area contributed by atoms with E-state index in [0.29, 0.717) is 6.54 Å². The first-order valence-electron chi connectivity index (χ1n) is 10.3. The van der Waals surface area contributed by atoms with Gasteiger partial charge in [-0.3, -0.25) is 4.68 Å². The first-order chi connectivity index (χ1) is 14.0. The van der Waals surface area contributed by atoms with E-state index in [1.54, 1.807) is 14.2 Å². The van der Waals surface area contributed by atoms with E-state index in [0.717, 1.165) is 48.1 Å². The van der Waals surface area contributed by atoms with Crippen LogP contribution in [0.2, 0.25) is 0 Å². The van der Waals surface area contributed by atoms with Gasteiger partial charge >= 0.3 is 0 Å². The van der Waals surface area contributed by atoms with Gasteiger partial charge in [0.1, 0.15) is 11.5 Å². The summed E-state index contributed by atoms with van der Waals surface area (Å²) in [4.78, 5) is 4.85. The smallest absolute Gasteiger partial charge is 0.192 e. The van der Waals surface area contributed by atoms with E-state index in [4.69, 9.17) is 14.5 Å². The van der Waals surface area contributed by atoms with E-state index in [1.807, 2.05) is 29.9 Å². The minimum Gasteiger partial charge on any atom is -0.497 e. The standard InChI is InChI=1S/C22H35N5O2.HI/c1-8-19-18(20(9-2)27(5)26-19)14-24-22(23-10-3)25-15(4)17-13-16(28-6)11-12-21(17)29-7;/h11-13,15H,8-10,14H2,1-7H3,(H2,23,24,25);1H. The van der Waals surface area contributed by atoms with Crippen molar-refractivity contribution in [2.24, 2.45) is 12.0 Å². The number of methoxy groups -OCH3 is 2. The summed E-state index contributed by atoms with van der Waals surface area (Å²) in [6.45, 7) is 9.82. The van der Waals surface area contributed by atoms with Gasteiger partial charge in [-0.25, -0.2) is 4.99 Å². The second-order valence-electron chi connectivity index (χ2n) is 6.87. The SMILES string of the molecule is CCNC(=NCc1c(CC)nn(C)c1CC)NC(C)c1cc(OC)ccc1OC.I. The Bertz CT molecular complexity index is 835. The Hall–Kier alpha value is -1.97. The Morgan fingerprint density at radius 3 is 2.47 bits per heavy atom. The van der Waals surface area contributed by atoms with Gasteiger partial charge in [0.25, 0.3) is 0 Å². The van der Waals surface area contributed by atoms with Gasteiger partial charge in [0.05, 0.1) is 32.5 Å². The fraction of sp³-hybridized carbons (Fsp3) is 0.545. The van der Waals surface area contributed by atoms with Crippen molar-refractivity contribution in [1.29, 1.82) is 0 Å². The highest BCUT2D eigenvalue weighted by Gasteiger charge is 2.16. The lowest BCUT2D eigenvalue weighted by Gasteiger charge is -2.21. The molecule has 1 atom stereocenters. The number of guanidine groups is 1. The molecule has 2 rings (SSSR count). The highest BCUT2D eigenvalue weighted by atomic mass is 127. The number of aliphatic imine (C=N–C) groups is 1. The van der Waals surface area contributed by atoms with Crippen LogP contribution in [-0.2, 0) is 26.4 Å². The lowest BCUT2D eigenvalue weighted by atomic mass is 10.1. The summed E-state index contributed by atoms with van der Waals surface area (Å²) >= 11 is 0. The number of ether oxygens (including phenoxy) is 2. The number of nitrogens with zero attached hydrogens (tertiary/aromatic N) is 3. The van der Waals surface area contributed by atoms with Crippen LogP contribution in [0.3, 0.4) is 0 Å². The van der Waals surface area contributed by atoms with E-state index < -0.39 is 0 Å². The van der Waals surface area contributed by atoms with Crippen LogP contribution < -0.4 is 20.1 Å². The third-order valence-corrected chi connectivity index (χ3v) is 5.02. The van der Waals surface area contributed by atoms with Gasteiger partial charge in [-0.15, -0.1) is 24.0 Å². The van der Waals surface area contributed by atoms with Crippen LogP contribution in [0.4, 0.5) is 0 Å². The zero-order valence-corrected chi connectivity index (χ0v) is 21.5. The van der Waals surface area contributed by atoms with Crippen LogP contribution in [0.25, 0.3) is 0 Å². The Morgan fingerprint density at radius 2 is 1.90 bits per heavy atom. The number of halogens is 1. The molecule has 0 aliphatic heterocycles. The molecule has 2 aromatic rings. The summed E-state index contributed by atoms with van der Waals surface area (Å²) in [6.07, 6.45) is 1.84. The van der Waals surface area contributed by atoms with Crippen LogP contribution in [0.15, 0.2) is 23.2 Å². The molecule has 0 saturated carbocycles. The van der Waals surface area contributed by atoms with Crippen molar-refractivity contribution in [1.82, 2.24) is 20.4 Å². The molecule has 0 aliphatic rings. The van der Waals surface area contributed by atoms with Gasteiger partial charge in [0.15, 0.2) is 5.96 Å². The molecule has 0 bridgehead atoms. The molecule has 0 saturated heterocycles. The quantitative estimate of drug-likeness (QED) is 0.292. The summed E-state index contributed by atoms with van der Waals surface area (Å²) in [5, 5.41) is 11.5. The molecule has 8 heteroatoms. The monoisotopic (exact) mass is 529 g/mol. The minimum atomic E-state index is -0.0111.